The van der Waals surface area contributed by atoms with Crippen molar-refractivity contribution in [1.29, 1.82) is 0 Å². The molecule has 9 heteroatoms. The summed E-state index contributed by atoms with van der Waals surface area (Å²) in [6.45, 7) is 0.330. The summed E-state index contributed by atoms with van der Waals surface area (Å²) in [5.74, 6) is -0.386. The van der Waals surface area contributed by atoms with Gasteiger partial charge in [0.1, 0.15) is 12.2 Å². The van der Waals surface area contributed by atoms with Crippen LogP contribution in [0.15, 0.2) is 59.8 Å². The topological polar surface area (TPSA) is 79.6 Å². The maximum atomic E-state index is 11.7. The molecule has 1 aliphatic heterocycles. The predicted molar refractivity (Wildman–Crippen MR) is 111 cm³/mol. The van der Waals surface area contributed by atoms with Gasteiger partial charge in [0.05, 0.1) is 12.8 Å². The number of hydrogen-bond donors (Lipinski definition) is 1. The van der Waals surface area contributed by atoms with Gasteiger partial charge >= 0.3 is 6.03 Å². The van der Waals surface area contributed by atoms with Crippen molar-refractivity contribution in [3.05, 3.63) is 75.9 Å². The SMILES string of the molecule is O=C1CN(/N=C\c2cn(Cc3ccc(Cl)cc3Cl)nc2-c2ccccc2)C(=O)N1. The number of amides is 3. The number of imide groups is 1. The molecule has 0 radical (unpaired) electrons. The second kappa shape index (κ2) is 8.06. The molecule has 4 rings (SSSR count). The van der Waals surface area contributed by atoms with Crippen molar-refractivity contribution in [2.45, 2.75) is 6.54 Å². The summed E-state index contributed by atoms with van der Waals surface area (Å²) in [6.07, 6.45) is 3.33. The number of benzene rings is 2. The quantitative estimate of drug-likeness (QED) is 0.496. The van der Waals surface area contributed by atoms with E-state index in [4.69, 9.17) is 23.2 Å². The molecule has 146 valence electrons. The Labute approximate surface area is 176 Å². The Balaban J connectivity index is 1.67. The maximum absolute atomic E-state index is 11.7. The third-order valence-corrected chi connectivity index (χ3v) is 4.88. The summed E-state index contributed by atoms with van der Waals surface area (Å²) in [5, 5.41) is 13.2. The average Bonchev–Trinajstić information content (AvgIpc) is 3.25. The Morgan fingerprint density at radius 1 is 1.14 bits per heavy atom. The first-order chi connectivity index (χ1) is 14.0. The molecule has 2 heterocycles. The fraction of sp³-hybridized carbons (Fsp3) is 0.100. The Bertz CT molecular complexity index is 1110. The average molecular weight is 428 g/mol. The molecule has 1 saturated heterocycles. The van der Waals surface area contributed by atoms with Crippen molar-refractivity contribution in [1.82, 2.24) is 20.1 Å². The molecule has 0 atom stereocenters. The summed E-state index contributed by atoms with van der Waals surface area (Å²) in [4.78, 5) is 23.0. The number of urea groups is 1. The molecular formula is C20H15Cl2N5O2. The van der Waals surface area contributed by atoms with Gasteiger partial charge in [0.15, 0.2) is 0 Å². The molecule has 1 N–H and O–H groups in total. The lowest BCUT2D eigenvalue weighted by atomic mass is 10.1. The third kappa shape index (κ3) is 4.31. The monoisotopic (exact) mass is 427 g/mol. The predicted octanol–water partition coefficient (Wildman–Crippen LogP) is 3.79. The Kier molecular flexibility index (Phi) is 5.33. The van der Waals surface area contributed by atoms with Gasteiger partial charge in [-0.25, -0.2) is 9.80 Å². The zero-order valence-electron chi connectivity index (χ0n) is 15.0. The van der Waals surface area contributed by atoms with E-state index < -0.39 is 6.03 Å². The third-order valence-electron chi connectivity index (χ3n) is 4.30. The molecule has 1 aromatic heterocycles. The highest BCUT2D eigenvalue weighted by Gasteiger charge is 2.26. The van der Waals surface area contributed by atoms with Crippen LogP contribution >= 0.6 is 23.2 Å². The van der Waals surface area contributed by atoms with Gasteiger partial charge in [-0.1, -0.05) is 59.6 Å². The Morgan fingerprint density at radius 3 is 2.62 bits per heavy atom. The smallest absolute Gasteiger partial charge is 0.275 e. The van der Waals surface area contributed by atoms with Crippen LogP contribution in [0.4, 0.5) is 4.79 Å². The minimum atomic E-state index is -0.548. The summed E-state index contributed by atoms with van der Waals surface area (Å²) < 4.78 is 1.74. The van der Waals surface area contributed by atoms with E-state index in [9.17, 15) is 9.59 Å². The molecule has 1 aliphatic rings. The van der Waals surface area contributed by atoms with E-state index in [0.29, 0.717) is 27.8 Å². The highest BCUT2D eigenvalue weighted by molar-refractivity contribution is 6.35. The van der Waals surface area contributed by atoms with Crippen LogP contribution in [0, 0.1) is 0 Å². The summed E-state index contributed by atoms with van der Waals surface area (Å²) >= 11 is 12.3. The van der Waals surface area contributed by atoms with Crippen LogP contribution < -0.4 is 5.32 Å². The minimum Gasteiger partial charge on any atom is -0.275 e. The van der Waals surface area contributed by atoms with Gasteiger partial charge < -0.3 is 0 Å². The van der Waals surface area contributed by atoms with Crippen LogP contribution in [0.25, 0.3) is 11.3 Å². The van der Waals surface area contributed by atoms with Crippen molar-refractivity contribution in [3.63, 3.8) is 0 Å². The molecule has 2 aromatic carbocycles. The summed E-state index contributed by atoms with van der Waals surface area (Å²) in [7, 11) is 0. The lowest BCUT2D eigenvalue weighted by Gasteiger charge is -2.05. The number of halogens is 2. The molecular weight excluding hydrogens is 413 g/mol. The number of nitrogens with one attached hydrogen (secondary N) is 1. The van der Waals surface area contributed by atoms with E-state index >= 15 is 0 Å². The van der Waals surface area contributed by atoms with Crippen molar-refractivity contribution >= 4 is 41.4 Å². The van der Waals surface area contributed by atoms with E-state index in [0.717, 1.165) is 16.1 Å². The molecule has 0 spiro atoms. The number of carbonyl (C=O) groups excluding carboxylic acids is 2. The highest BCUT2D eigenvalue weighted by atomic mass is 35.5. The molecule has 0 bridgehead atoms. The first-order valence-corrected chi connectivity index (χ1v) is 9.47. The van der Waals surface area contributed by atoms with E-state index in [1.807, 2.05) is 42.6 Å². The second-order valence-corrected chi connectivity index (χ2v) is 7.23. The van der Waals surface area contributed by atoms with Gasteiger partial charge in [0.2, 0.25) is 5.91 Å². The fourth-order valence-corrected chi connectivity index (χ4v) is 3.38. The van der Waals surface area contributed by atoms with Crippen LogP contribution in [0.1, 0.15) is 11.1 Å². The Morgan fingerprint density at radius 2 is 1.93 bits per heavy atom. The van der Waals surface area contributed by atoms with Crippen molar-refractivity contribution < 1.29 is 9.59 Å². The van der Waals surface area contributed by atoms with Crippen LogP contribution in [-0.2, 0) is 11.3 Å². The molecule has 29 heavy (non-hydrogen) atoms. The lowest BCUT2D eigenvalue weighted by molar-refractivity contribution is -0.118. The zero-order valence-corrected chi connectivity index (χ0v) is 16.6. The van der Waals surface area contributed by atoms with Crippen molar-refractivity contribution in [3.8, 4) is 11.3 Å². The number of hydrazone groups is 1. The van der Waals surface area contributed by atoms with Gasteiger partial charge in [-0.3, -0.25) is 14.8 Å². The molecule has 1 fully saturated rings. The van der Waals surface area contributed by atoms with Crippen molar-refractivity contribution in [2.24, 2.45) is 5.10 Å². The molecule has 7 nitrogen and oxygen atoms in total. The lowest BCUT2D eigenvalue weighted by Crippen LogP contribution is -2.24. The second-order valence-electron chi connectivity index (χ2n) is 6.39. The zero-order chi connectivity index (χ0) is 20.4. The number of aromatic nitrogens is 2. The molecule has 0 aliphatic carbocycles. The Hall–Kier alpha value is -3.16. The van der Waals surface area contributed by atoms with Gasteiger partial charge in [0, 0.05) is 27.4 Å². The number of nitrogens with zero attached hydrogens (tertiary/aromatic N) is 4. The van der Waals surface area contributed by atoms with E-state index in [2.05, 4.69) is 15.5 Å². The number of rotatable bonds is 5. The van der Waals surface area contributed by atoms with Gasteiger partial charge in [-0.15, -0.1) is 0 Å². The van der Waals surface area contributed by atoms with E-state index in [1.54, 1.807) is 16.8 Å². The normalized spacial score (nSPS) is 14.1. The number of carbonyl (C=O) groups is 2. The fourth-order valence-electron chi connectivity index (χ4n) is 2.91. The first-order valence-electron chi connectivity index (χ1n) is 8.72. The van der Waals surface area contributed by atoms with Crippen molar-refractivity contribution in [2.75, 3.05) is 6.54 Å². The van der Waals surface area contributed by atoms with Crippen LogP contribution in [-0.4, -0.2) is 39.5 Å². The van der Waals surface area contributed by atoms with E-state index in [1.165, 1.54) is 6.21 Å². The van der Waals surface area contributed by atoms with Crippen LogP contribution in [0.5, 0.6) is 0 Å². The molecule has 3 aromatic rings. The largest absolute Gasteiger partial charge is 0.344 e. The molecule has 0 unspecified atom stereocenters. The van der Waals surface area contributed by atoms with E-state index in [-0.39, 0.29) is 12.5 Å². The maximum Gasteiger partial charge on any atom is 0.344 e. The van der Waals surface area contributed by atoms with Gasteiger partial charge in [-0.2, -0.15) is 10.2 Å². The minimum absolute atomic E-state index is 0.107. The summed E-state index contributed by atoms with van der Waals surface area (Å²) in [6, 6.07) is 14.4. The van der Waals surface area contributed by atoms with Gasteiger partial charge in [-0.05, 0) is 17.7 Å². The summed E-state index contributed by atoms with van der Waals surface area (Å²) in [5.41, 5.74) is 3.17. The standard InChI is InChI=1S/C20H15Cl2N5O2/c21-16-7-6-14(17(22)8-16)10-26-11-15(9-23-27-12-18(28)24-20(27)29)19(25-26)13-4-2-1-3-5-13/h1-9,11H,10,12H2,(H,24,28,29)/b23-9-. The van der Waals surface area contributed by atoms with Gasteiger partial charge in [0.25, 0.3) is 0 Å². The molecule has 3 amide bonds. The molecule has 0 saturated carbocycles. The van der Waals surface area contributed by atoms with Crippen LogP contribution in [0.2, 0.25) is 10.0 Å². The van der Waals surface area contributed by atoms with Crippen LogP contribution in [0.3, 0.4) is 0 Å². The highest BCUT2D eigenvalue weighted by Crippen LogP contribution is 2.24. The number of hydrogen-bond acceptors (Lipinski definition) is 4. The first kappa shape index (κ1) is 19.2.